The van der Waals surface area contributed by atoms with Crippen molar-refractivity contribution in [1.82, 2.24) is 19.0 Å². The van der Waals surface area contributed by atoms with E-state index in [2.05, 4.69) is 45.0 Å². The summed E-state index contributed by atoms with van der Waals surface area (Å²) in [5.74, 6) is 1.32. The first-order valence-corrected chi connectivity index (χ1v) is 11.2. The van der Waals surface area contributed by atoms with Crippen LogP contribution in [0.4, 0.5) is 0 Å². The highest BCUT2D eigenvalue weighted by molar-refractivity contribution is 7.97. The van der Waals surface area contributed by atoms with Crippen molar-refractivity contribution in [3.8, 4) is 0 Å². The first kappa shape index (κ1) is 19.0. The monoisotopic (exact) mass is 354 g/mol. The lowest BCUT2D eigenvalue weighted by Crippen LogP contribution is -2.51. The van der Waals surface area contributed by atoms with Crippen LogP contribution >= 0.6 is 11.9 Å². The molecule has 3 aliphatic heterocycles. The van der Waals surface area contributed by atoms with Gasteiger partial charge in [0.15, 0.2) is 0 Å². The van der Waals surface area contributed by atoms with Crippen LogP contribution in [-0.2, 0) is 0 Å². The van der Waals surface area contributed by atoms with Gasteiger partial charge in [0, 0.05) is 44.0 Å². The maximum atomic E-state index is 2.76. The van der Waals surface area contributed by atoms with E-state index in [0.717, 1.165) is 12.1 Å². The summed E-state index contributed by atoms with van der Waals surface area (Å²) >= 11 is 2.11. The van der Waals surface area contributed by atoms with Crippen LogP contribution in [0.2, 0.25) is 0 Å². The molecule has 140 valence electrons. The predicted octanol–water partition coefficient (Wildman–Crippen LogP) is 2.61. The van der Waals surface area contributed by atoms with Gasteiger partial charge in [-0.25, -0.2) is 4.31 Å². The van der Waals surface area contributed by atoms with E-state index in [1.807, 2.05) is 0 Å². The van der Waals surface area contributed by atoms with Gasteiger partial charge in [0.2, 0.25) is 0 Å². The van der Waals surface area contributed by atoms with Crippen molar-refractivity contribution in [3.05, 3.63) is 0 Å². The third-order valence-electron chi connectivity index (χ3n) is 6.35. The molecule has 0 bridgehead atoms. The molecule has 0 amide bonds. The Balaban J connectivity index is 1.22. The lowest BCUT2D eigenvalue weighted by atomic mass is 10.0. The molecular weight excluding hydrogens is 316 g/mol. The fourth-order valence-corrected chi connectivity index (χ4v) is 5.59. The second-order valence-electron chi connectivity index (χ2n) is 8.11. The van der Waals surface area contributed by atoms with Gasteiger partial charge in [0.25, 0.3) is 0 Å². The third kappa shape index (κ3) is 5.60. The fraction of sp³-hybridized carbons (Fsp3) is 1.00. The average Bonchev–Trinajstić information content (AvgIpc) is 3.01. The molecule has 0 aromatic heterocycles. The van der Waals surface area contributed by atoms with E-state index in [1.54, 1.807) is 0 Å². The summed E-state index contributed by atoms with van der Waals surface area (Å²) in [6, 6.07) is 1.74. The Bertz CT molecular complexity index is 351. The molecule has 3 heterocycles. The SMILES string of the molecule is CN1CCC(N2CCN(SCCCCC3CCCN3C)CC2)CC1. The summed E-state index contributed by atoms with van der Waals surface area (Å²) < 4.78 is 2.63. The average molecular weight is 355 g/mol. The summed E-state index contributed by atoms with van der Waals surface area (Å²) in [6.45, 7) is 9.00. The number of unbranched alkanes of at least 4 members (excludes halogenated alkanes) is 1. The summed E-state index contributed by atoms with van der Waals surface area (Å²) in [5, 5.41) is 0. The van der Waals surface area contributed by atoms with E-state index in [-0.39, 0.29) is 0 Å². The Hall–Kier alpha value is 0.190. The zero-order chi connectivity index (χ0) is 16.8. The molecule has 3 fully saturated rings. The van der Waals surface area contributed by atoms with E-state index in [9.17, 15) is 0 Å². The molecule has 3 rings (SSSR count). The molecule has 3 saturated heterocycles. The van der Waals surface area contributed by atoms with Crippen molar-refractivity contribution in [2.45, 2.75) is 57.0 Å². The Morgan fingerprint density at radius 1 is 0.833 bits per heavy atom. The minimum Gasteiger partial charge on any atom is -0.306 e. The number of nitrogens with zero attached hydrogens (tertiary/aromatic N) is 4. The Morgan fingerprint density at radius 2 is 1.58 bits per heavy atom. The number of rotatable bonds is 7. The molecule has 24 heavy (non-hydrogen) atoms. The minimum absolute atomic E-state index is 0.858. The van der Waals surface area contributed by atoms with Gasteiger partial charge < -0.3 is 9.80 Å². The standard InChI is InChI=1S/C19H38N4S/c1-20-11-8-19(9-12-20)22-13-15-23(16-14-22)24-17-4-3-6-18-7-5-10-21(18)2/h18-19H,3-17H2,1-2H3. The normalized spacial score (nSPS) is 29.5. The van der Waals surface area contributed by atoms with Crippen molar-refractivity contribution >= 4 is 11.9 Å². The summed E-state index contributed by atoms with van der Waals surface area (Å²) in [4.78, 5) is 7.81. The van der Waals surface area contributed by atoms with Gasteiger partial charge in [-0.3, -0.25) is 4.90 Å². The van der Waals surface area contributed by atoms with Crippen molar-refractivity contribution in [2.24, 2.45) is 0 Å². The van der Waals surface area contributed by atoms with Crippen molar-refractivity contribution in [3.63, 3.8) is 0 Å². The van der Waals surface area contributed by atoms with E-state index >= 15 is 0 Å². The maximum absolute atomic E-state index is 2.76. The number of likely N-dealkylation sites (tertiary alicyclic amines) is 2. The van der Waals surface area contributed by atoms with E-state index in [0.29, 0.717) is 0 Å². The zero-order valence-corrected chi connectivity index (χ0v) is 16.8. The summed E-state index contributed by atoms with van der Waals surface area (Å²) in [6.07, 6.45) is 9.82. The molecule has 3 aliphatic rings. The third-order valence-corrected chi connectivity index (χ3v) is 7.56. The van der Waals surface area contributed by atoms with Crippen molar-refractivity contribution < 1.29 is 0 Å². The van der Waals surface area contributed by atoms with Gasteiger partial charge in [-0.2, -0.15) is 0 Å². The zero-order valence-electron chi connectivity index (χ0n) is 16.0. The Morgan fingerprint density at radius 3 is 2.25 bits per heavy atom. The second-order valence-corrected chi connectivity index (χ2v) is 9.29. The molecule has 4 nitrogen and oxygen atoms in total. The Labute approximate surface area is 154 Å². The van der Waals surface area contributed by atoms with Crippen LogP contribution in [0.5, 0.6) is 0 Å². The highest BCUT2D eigenvalue weighted by atomic mass is 32.2. The van der Waals surface area contributed by atoms with Gasteiger partial charge in [-0.15, -0.1) is 0 Å². The molecule has 1 atom stereocenters. The molecule has 5 heteroatoms. The number of hydrogen-bond donors (Lipinski definition) is 0. The summed E-state index contributed by atoms with van der Waals surface area (Å²) in [7, 11) is 4.56. The highest BCUT2D eigenvalue weighted by Crippen LogP contribution is 2.23. The van der Waals surface area contributed by atoms with Crippen LogP contribution < -0.4 is 0 Å². The highest BCUT2D eigenvalue weighted by Gasteiger charge is 2.26. The molecular formula is C19H38N4S. The largest absolute Gasteiger partial charge is 0.306 e. The number of hydrogen-bond acceptors (Lipinski definition) is 5. The molecule has 0 aromatic carbocycles. The van der Waals surface area contributed by atoms with Crippen molar-refractivity contribution in [2.75, 3.05) is 65.7 Å². The molecule has 0 aromatic rings. The molecule has 0 N–H and O–H groups in total. The predicted molar refractivity (Wildman–Crippen MR) is 106 cm³/mol. The Kier molecular flexibility index (Phi) is 7.72. The van der Waals surface area contributed by atoms with Crippen LogP contribution in [-0.4, -0.2) is 96.8 Å². The number of piperidine rings is 1. The lowest BCUT2D eigenvalue weighted by molar-refractivity contribution is 0.0919. The topological polar surface area (TPSA) is 13.0 Å². The second kappa shape index (κ2) is 9.77. The van der Waals surface area contributed by atoms with Gasteiger partial charge in [-0.05, 0) is 72.3 Å². The minimum atomic E-state index is 0.858. The lowest BCUT2D eigenvalue weighted by Gasteiger charge is -2.41. The van der Waals surface area contributed by atoms with Gasteiger partial charge in [-0.1, -0.05) is 18.4 Å². The number of piperazine rings is 1. The van der Waals surface area contributed by atoms with E-state index < -0.39 is 0 Å². The first-order chi connectivity index (χ1) is 11.7. The van der Waals surface area contributed by atoms with Crippen LogP contribution in [0.15, 0.2) is 0 Å². The van der Waals surface area contributed by atoms with E-state index in [1.165, 1.54) is 96.5 Å². The van der Waals surface area contributed by atoms with Gasteiger partial charge in [0.1, 0.15) is 0 Å². The van der Waals surface area contributed by atoms with Gasteiger partial charge in [0.05, 0.1) is 0 Å². The van der Waals surface area contributed by atoms with Crippen LogP contribution in [0, 0.1) is 0 Å². The van der Waals surface area contributed by atoms with Gasteiger partial charge >= 0.3 is 0 Å². The molecule has 0 saturated carbocycles. The van der Waals surface area contributed by atoms with Crippen LogP contribution in [0.25, 0.3) is 0 Å². The molecule has 0 radical (unpaired) electrons. The first-order valence-electron chi connectivity index (χ1n) is 10.2. The van der Waals surface area contributed by atoms with Crippen LogP contribution in [0.3, 0.4) is 0 Å². The molecule has 0 spiro atoms. The smallest absolute Gasteiger partial charge is 0.0218 e. The maximum Gasteiger partial charge on any atom is 0.0218 e. The summed E-state index contributed by atoms with van der Waals surface area (Å²) in [5.41, 5.74) is 0. The molecule has 1 unspecified atom stereocenters. The quantitative estimate of drug-likeness (QED) is 0.513. The fourth-order valence-electron chi connectivity index (χ4n) is 4.58. The van der Waals surface area contributed by atoms with E-state index in [4.69, 9.17) is 0 Å². The molecule has 0 aliphatic carbocycles. The van der Waals surface area contributed by atoms with Crippen molar-refractivity contribution in [1.29, 1.82) is 0 Å². The van der Waals surface area contributed by atoms with Crippen LogP contribution in [0.1, 0.15) is 44.9 Å².